The van der Waals surface area contributed by atoms with E-state index in [0.29, 0.717) is 17.7 Å². The second-order valence-corrected chi connectivity index (χ2v) is 5.60. The highest BCUT2D eigenvalue weighted by Gasteiger charge is 2.15. The quantitative estimate of drug-likeness (QED) is 0.824. The van der Waals surface area contributed by atoms with E-state index >= 15 is 0 Å². The fourth-order valence-corrected chi connectivity index (χ4v) is 1.84. The highest BCUT2D eigenvalue weighted by molar-refractivity contribution is 5.17. The zero-order valence-corrected chi connectivity index (χ0v) is 12.0. The molecule has 1 heterocycles. The van der Waals surface area contributed by atoms with E-state index in [1.54, 1.807) is 13.8 Å². The van der Waals surface area contributed by atoms with Crippen LogP contribution in [0.4, 0.5) is 0 Å². The molecular formula is C14H21N3O2. The van der Waals surface area contributed by atoms with E-state index in [2.05, 4.69) is 11.2 Å². The average molecular weight is 263 g/mol. The number of nitrogens with zero attached hydrogens (tertiary/aromatic N) is 2. The van der Waals surface area contributed by atoms with Crippen molar-refractivity contribution in [2.24, 2.45) is 5.41 Å². The summed E-state index contributed by atoms with van der Waals surface area (Å²) >= 11 is 0. The molecule has 0 unspecified atom stereocenters. The highest BCUT2D eigenvalue weighted by Crippen LogP contribution is 2.21. The molecule has 0 aliphatic heterocycles. The summed E-state index contributed by atoms with van der Waals surface area (Å²) in [5.41, 5.74) is 0.292. The second-order valence-electron chi connectivity index (χ2n) is 5.60. The first-order valence-electron chi connectivity index (χ1n) is 6.50. The van der Waals surface area contributed by atoms with Gasteiger partial charge in [-0.15, -0.1) is 0 Å². The summed E-state index contributed by atoms with van der Waals surface area (Å²) in [5.74, 6) is 0. The smallest absolute Gasteiger partial charge is 0.268 e. The van der Waals surface area contributed by atoms with E-state index < -0.39 is 0 Å². The maximum absolute atomic E-state index is 11.9. The van der Waals surface area contributed by atoms with Crippen LogP contribution in [0.3, 0.4) is 0 Å². The van der Waals surface area contributed by atoms with Gasteiger partial charge in [0.2, 0.25) is 0 Å². The minimum absolute atomic E-state index is 0.142. The summed E-state index contributed by atoms with van der Waals surface area (Å²) in [5, 5.41) is 11.5. The van der Waals surface area contributed by atoms with Gasteiger partial charge in [0.05, 0.1) is 11.5 Å². The molecule has 0 aliphatic rings. The number of rotatable bonds is 5. The fourth-order valence-electron chi connectivity index (χ4n) is 1.84. The van der Waals surface area contributed by atoms with Crippen LogP contribution in [0, 0.1) is 30.6 Å². The molecule has 0 fully saturated rings. The first kappa shape index (κ1) is 15.2. The van der Waals surface area contributed by atoms with Gasteiger partial charge in [0.25, 0.3) is 11.1 Å². The summed E-state index contributed by atoms with van der Waals surface area (Å²) in [6.07, 6.45) is 2.40. The molecule has 19 heavy (non-hydrogen) atoms. The molecule has 1 aromatic rings. The van der Waals surface area contributed by atoms with Crippen molar-refractivity contribution in [3.05, 3.63) is 31.8 Å². The van der Waals surface area contributed by atoms with Gasteiger partial charge in [0.15, 0.2) is 0 Å². The van der Waals surface area contributed by atoms with Crippen LogP contribution in [0.2, 0.25) is 0 Å². The molecule has 1 rings (SSSR count). The third-order valence-corrected chi connectivity index (χ3v) is 3.44. The van der Waals surface area contributed by atoms with E-state index in [1.165, 1.54) is 4.68 Å². The van der Waals surface area contributed by atoms with Gasteiger partial charge in [-0.25, -0.2) is 0 Å². The molecule has 0 atom stereocenters. The highest BCUT2D eigenvalue weighted by atomic mass is 16.2. The fraction of sp³-hybridized carbons (Fsp3) is 0.643. The van der Waals surface area contributed by atoms with E-state index in [4.69, 9.17) is 5.26 Å². The minimum atomic E-state index is -0.332. The number of nitriles is 1. The van der Waals surface area contributed by atoms with Gasteiger partial charge in [-0.1, -0.05) is 6.42 Å². The molecule has 5 nitrogen and oxygen atoms in total. The van der Waals surface area contributed by atoms with E-state index in [-0.39, 0.29) is 16.5 Å². The zero-order chi connectivity index (χ0) is 14.6. The lowest BCUT2D eigenvalue weighted by molar-refractivity contribution is 0.407. The lowest BCUT2D eigenvalue weighted by atomic mass is 9.89. The van der Waals surface area contributed by atoms with Gasteiger partial charge in [-0.3, -0.25) is 19.4 Å². The molecule has 0 spiro atoms. The van der Waals surface area contributed by atoms with Crippen LogP contribution in [0.25, 0.3) is 0 Å². The topological polar surface area (TPSA) is 78.7 Å². The van der Waals surface area contributed by atoms with Crippen LogP contribution in [-0.4, -0.2) is 9.78 Å². The maximum Gasteiger partial charge on any atom is 0.268 e. The van der Waals surface area contributed by atoms with Crippen molar-refractivity contribution in [3.8, 4) is 6.07 Å². The first-order chi connectivity index (χ1) is 8.78. The van der Waals surface area contributed by atoms with Gasteiger partial charge < -0.3 is 0 Å². The Morgan fingerprint density at radius 1 is 1.21 bits per heavy atom. The van der Waals surface area contributed by atoms with Crippen LogP contribution >= 0.6 is 0 Å². The molecule has 0 saturated carbocycles. The Bertz CT molecular complexity index is 603. The molecule has 0 radical (unpaired) electrons. The van der Waals surface area contributed by atoms with Crippen LogP contribution in [-0.2, 0) is 6.54 Å². The number of unbranched alkanes of at least 4 members (excludes halogenated alkanes) is 1. The predicted molar refractivity (Wildman–Crippen MR) is 74.0 cm³/mol. The van der Waals surface area contributed by atoms with E-state index in [1.807, 2.05) is 13.8 Å². The Kier molecular flexibility index (Phi) is 4.71. The summed E-state index contributed by atoms with van der Waals surface area (Å²) in [4.78, 5) is 23.5. The van der Waals surface area contributed by atoms with E-state index in [9.17, 15) is 9.59 Å². The second kappa shape index (κ2) is 5.87. The molecule has 0 aromatic carbocycles. The SMILES string of the molecule is Cc1c(C)c(=O)n(CCCCC(C)(C)C#N)[nH]c1=O. The lowest BCUT2D eigenvalue weighted by Gasteiger charge is -2.14. The van der Waals surface area contributed by atoms with Crippen molar-refractivity contribution in [2.75, 3.05) is 0 Å². The van der Waals surface area contributed by atoms with Crippen LogP contribution in [0.15, 0.2) is 9.59 Å². The number of nitrogens with one attached hydrogen (secondary N) is 1. The standard InChI is InChI=1S/C14H21N3O2/c1-10-11(2)13(19)17(16-12(10)18)8-6-5-7-14(3,4)9-15/h5-8H2,1-4H3,(H,16,18). The molecular weight excluding hydrogens is 242 g/mol. The van der Waals surface area contributed by atoms with Crippen molar-refractivity contribution < 1.29 is 0 Å². The molecule has 0 saturated heterocycles. The lowest BCUT2D eigenvalue weighted by Crippen LogP contribution is -2.33. The van der Waals surface area contributed by atoms with Crippen LogP contribution in [0.1, 0.15) is 44.2 Å². The Hall–Kier alpha value is -1.83. The Balaban J connectivity index is 2.69. The van der Waals surface area contributed by atoms with Crippen molar-refractivity contribution in [3.63, 3.8) is 0 Å². The van der Waals surface area contributed by atoms with Crippen LogP contribution in [0.5, 0.6) is 0 Å². The molecule has 104 valence electrons. The number of aromatic nitrogens is 2. The molecule has 1 N–H and O–H groups in total. The van der Waals surface area contributed by atoms with E-state index in [0.717, 1.165) is 19.3 Å². The number of hydrogen-bond acceptors (Lipinski definition) is 3. The maximum atomic E-state index is 11.9. The van der Waals surface area contributed by atoms with Gasteiger partial charge in [-0.2, -0.15) is 5.26 Å². The monoisotopic (exact) mass is 263 g/mol. The Morgan fingerprint density at radius 3 is 2.42 bits per heavy atom. The first-order valence-corrected chi connectivity index (χ1v) is 6.50. The summed E-state index contributed by atoms with van der Waals surface area (Å²) in [7, 11) is 0. The average Bonchev–Trinajstić information content (AvgIpc) is 2.37. The van der Waals surface area contributed by atoms with Gasteiger partial charge in [-0.05, 0) is 40.5 Å². The van der Waals surface area contributed by atoms with Crippen molar-refractivity contribution >= 4 is 0 Å². The third-order valence-electron chi connectivity index (χ3n) is 3.44. The number of H-pyrrole nitrogens is 1. The zero-order valence-electron chi connectivity index (χ0n) is 12.0. The van der Waals surface area contributed by atoms with Crippen molar-refractivity contribution in [2.45, 2.75) is 53.5 Å². The molecule has 0 aliphatic carbocycles. The molecule has 1 aromatic heterocycles. The summed E-state index contributed by atoms with van der Waals surface area (Å²) in [6, 6.07) is 2.25. The van der Waals surface area contributed by atoms with Crippen molar-refractivity contribution in [1.29, 1.82) is 5.26 Å². The molecule has 0 amide bonds. The molecule has 5 heteroatoms. The summed E-state index contributed by atoms with van der Waals surface area (Å²) < 4.78 is 1.37. The largest absolute Gasteiger partial charge is 0.268 e. The Morgan fingerprint density at radius 2 is 1.84 bits per heavy atom. The predicted octanol–water partition coefficient (Wildman–Crippen LogP) is 1.87. The minimum Gasteiger partial charge on any atom is -0.268 e. The van der Waals surface area contributed by atoms with Gasteiger partial charge in [0, 0.05) is 17.7 Å². The normalized spacial score (nSPS) is 11.3. The van der Waals surface area contributed by atoms with Crippen LogP contribution < -0.4 is 11.1 Å². The van der Waals surface area contributed by atoms with Gasteiger partial charge >= 0.3 is 0 Å². The van der Waals surface area contributed by atoms with Gasteiger partial charge in [0.1, 0.15) is 0 Å². The summed E-state index contributed by atoms with van der Waals surface area (Å²) in [6.45, 7) is 7.60. The van der Waals surface area contributed by atoms with Crippen molar-refractivity contribution in [1.82, 2.24) is 9.78 Å². The number of aryl methyl sites for hydroxylation is 1. The number of aromatic amines is 1. The number of hydrogen-bond donors (Lipinski definition) is 1. The molecule has 0 bridgehead atoms. The Labute approximate surface area is 112 Å². The third kappa shape index (κ3) is 3.82.